The number of hydrogen-bond acceptors (Lipinski definition) is 5. The first-order valence-corrected chi connectivity index (χ1v) is 9.82. The standard InChI is InChI=1S/C19H23N5S/c1-25-19-17-7-2-14(13-23-10-8-21-9-11-23)12-18(17)24(22-19)16-5-3-15(20)4-6-16/h2-7,12,21H,8-11,13,20H2,1H3. The molecular weight excluding hydrogens is 330 g/mol. The molecule has 0 saturated carbocycles. The summed E-state index contributed by atoms with van der Waals surface area (Å²) >= 11 is 1.68. The topological polar surface area (TPSA) is 59.1 Å². The van der Waals surface area contributed by atoms with E-state index in [1.165, 1.54) is 10.9 Å². The Balaban J connectivity index is 1.73. The Hall–Kier alpha value is -2.02. The lowest BCUT2D eigenvalue weighted by molar-refractivity contribution is 0.233. The first-order chi connectivity index (χ1) is 12.2. The summed E-state index contributed by atoms with van der Waals surface area (Å²) in [5, 5.41) is 10.5. The second-order valence-electron chi connectivity index (χ2n) is 6.39. The fourth-order valence-electron chi connectivity index (χ4n) is 3.32. The van der Waals surface area contributed by atoms with Crippen molar-refractivity contribution in [3.63, 3.8) is 0 Å². The molecule has 1 aliphatic rings. The van der Waals surface area contributed by atoms with E-state index in [1.807, 2.05) is 28.9 Å². The smallest absolute Gasteiger partial charge is 0.126 e. The van der Waals surface area contributed by atoms with E-state index in [2.05, 4.69) is 34.7 Å². The zero-order valence-corrected chi connectivity index (χ0v) is 15.2. The number of benzene rings is 2. The van der Waals surface area contributed by atoms with Crippen LogP contribution in [0.15, 0.2) is 47.5 Å². The molecule has 5 nitrogen and oxygen atoms in total. The number of fused-ring (bicyclic) bond motifs is 1. The van der Waals surface area contributed by atoms with Crippen molar-refractivity contribution in [1.82, 2.24) is 20.0 Å². The number of nitrogens with one attached hydrogen (secondary N) is 1. The number of nitrogen functional groups attached to an aromatic ring is 1. The third-order valence-corrected chi connectivity index (χ3v) is 5.35. The Morgan fingerprint density at radius 3 is 2.60 bits per heavy atom. The Kier molecular flexibility index (Phi) is 4.65. The van der Waals surface area contributed by atoms with Gasteiger partial charge in [-0.1, -0.05) is 6.07 Å². The van der Waals surface area contributed by atoms with E-state index >= 15 is 0 Å². The largest absolute Gasteiger partial charge is 0.399 e. The maximum Gasteiger partial charge on any atom is 0.126 e. The second-order valence-corrected chi connectivity index (χ2v) is 7.19. The minimum Gasteiger partial charge on any atom is -0.399 e. The van der Waals surface area contributed by atoms with E-state index in [4.69, 9.17) is 10.8 Å². The molecule has 4 rings (SSSR count). The molecule has 0 spiro atoms. The van der Waals surface area contributed by atoms with Crippen LogP contribution < -0.4 is 11.1 Å². The third-order valence-electron chi connectivity index (χ3n) is 4.66. The Morgan fingerprint density at radius 1 is 1.12 bits per heavy atom. The van der Waals surface area contributed by atoms with Gasteiger partial charge < -0.3 is 11.1 Å². The van der Waals surface area contributed by atoms with Gasteiger partial charge in [0.05, 0.1) is 11.2 Å². The molecule has 0 atom stereocenters. The van der Waals surface area contributed by atoms with Crippen molar-refractivity contribution in [1.29, 1.82) is 0 Å². The Morgan fingerprint density at radius 2 is 1.88 bits per heavy atom. The van der Waals surface area contributed by atoms with Gasteiger partial charge in [-0.05, 0) is 48.2 Å². The van der Waals surface area contributed by atoms with Gasteiger partial charge in [0, 0.05) is 43.8 Å². The highest BCUT2D eigenvalue weighted by molar-refractivity contribution is 7.98. The summed E-state index contributed by atoms with van der Waals surface area (Å²) in [6, 6.07) is 14.6. The van der Waals surface area contributed by atoms with Gasteiger partial charge in [-0.2, -0.15) is 5.10 Å². The normalized spacial score (nSPS) is 15.7. The van der Waals surface area contributed by atoms with Crippen LogP contribution in [0.25, 0.3) is 16.6 Å². The average Bonchev–Trinajstić information content (AvgIpc) is 3.01. The van der Waals surface area contributed by atoms with Crippen LogP contribution in [0.1, 0.15) is 5.56 Å². The summed E-state index contributed by atoms with van der Waals surface area (Å²) in [5.41, 5.74) is 10.1. The van der Waals surface area contributed by atoms with Crippen LogP contribution in [0.3, 0.4) is 0 Å². The number of aromatic nitrogens is 2. The second kappa shape index (κ2) is 7.07. The summed E-state index contributed by atoms with van der Waals surface area (Å²) in [6.45, 7) is 5.33. The summed E-state index contributed by atoms with van der Waals surface area (Å²) in [5.74, 6) is 0. The first-order valence-electron chi connectivity index (χ1n) is 8.59. The number of rotatable bonds is 4. The van der Waals surface area contributed by atoms with Crippen LogP contribution in [0.2, 0.25) is 0 Å². The minimum absolute atomic E-state index is 0.768. The molecule has 130 valence electrons. The molecule has 6 heteroatoms. The molecular formula is C19H23N5S. The lowest BCUT2D eigenvalue weighted by atomic mass is 10.1. The van der Waals surface area contributed by atoms with Crippen LogP contribution >= 0.6 is 11.8 Å². The fraction of sp³-hybridized carbons (Fsp3) is 0.316. The van der Waals surface area contributed by atoms with Crippen molar-refractivity contribution in [3.05, 3.63) is 48.0 Å². The molecule has 3 aromatic rings. The van der Waals surface area contributed by atoms with E-state index in [0.29, 0.717) is 0 Å². The van der Waals surface area contributed by atoms with E-state index in [9.17, 15) is 0 Å². The number of nitrogens with two attached hydrogens (primary N) is 1. The number of anilines is 1. The molecule has 1 aliphatic heterocycles. The van der Waals surface area contributed by atoms with E-state index in [1.54, 1.807) is 11.8 Å². The fourth-order valence-corrected chi connectivity index (χ4v) is 3.88. The van der Waals surface area contributed by atoms with Gasteiger partial charge >= 0.3 is 0 Å². The van der Waals surface area contributed by atoms with Crippen molar-refractivity contribution in [2.75, 3.05) is 38.2 Å². The Labute approximate surface area is 152 Å². The molecule has 1 saturated heterocycles. The van der Waals surface area contributed by atoms with Crippen LogP contribution in [0, 0.1) is 0 Å². The van der Waals surface area contributed by atoms with E-state index in [-0.39, 0.29) is 0 Å². The van der Waals surface area contributed by atoms with E-state index in [0.717, 1.165) is 54.6 Å². The quantitative estimate of drug-likeness (QED) is 0.558. The summed E-state index contributed by atoms with van der Waals surface area (Å²) < 4.78 is 2.03. The molecule has 0 radical (unpaired) electrons. The monoisotopic (exact) mass is 353 g/mol. The van der Waals surface area contributed by atoms with Crippen molar-refractivity contribution in [3.8, 4) is 5.69 Å². The van der Waals surface area contributed by atoms with Crippen molar-refractivity contribution < 1.29 is 0 Å². The third kappa shape index (κ3) is 3.38. The summed E-state index contributed by atoms with van der Waals surface area (Å²) in [4.78, 5) is 2.50. The number of thioether (sulfide) groups is 1. The number of nitrogens with zero attached hydrogens (tertiary/aromatic N) is 3. The van der Waals surface area contributed by atoms with Crippen LogP contribution in [-0.4, -0.2) is 47.1 Å². The predicted molar refractivity (Wildman–Crippen MR) is 105 cm³/mol. The predicted octanol–water partition coefficient (Wildman–Crippen LogP) is 2.73. The lowest BCUT2D eigenvalue weighted by Gasteiger charge is -2.27. The molecule has 1 fully saturated rings. The number of piperazine rings is 1. The lowest BCUT2D eigenvalue weighted by Crippen LogP contribution is -2.42. The van der Waals surface area contributed by atoms with Gasteiger partial charge in [-0.15, -0.1) is 11.8 Å². The number of hydrogen-bond donors (Lipinski definition) is 2. The summed E-state index contributed by atoms with van der Waals surface area (Å²) in [7, 11) is 0. The Bertz CT molecular complexity index is 865. The van der Waals surface area contributed by atoms with Gasteiger partial charge in [0.1, 0.15) is 5.03 Å². The van der Waals surface area contributed by atoms with Crippen molar-refractivity contribution in [2.45, 2.75) is 11.6 Å². The molecule has 0 aliphatic carbocycles. The molecule has 1 aromatic heterocycles. The average molecular weight is 353 g/mol. The molecule has 2 aromatic carbocycles. The highest BCUT2D eigenvalue weighted by Gasteiger charge is 2.14. The van der Waals surface area contributed by atoms with Crippen molar-refractivity contribution in [2.24, 2.45) is 0 Å². The molecule has 0 unspecified atom stereocenters. The SMILES string of the molecule is CSc1nn(-c2ccc(N)cc2)c2cc(CN3CCNCC3)ccc12. The van der Waals surface area contributed by atoms with Crippen LogP contribution in [0.5, 0.6) is 0 Å². The maximum absolute atomic E-state index is 5.83. The van der Waals surface area contributed by atoms with Gasteiger partial charge in [0.15, 0.2) is 0 Å². The summed E-state index contributed by atoms with van der Waals surface area (Å²) in [6.07, 6.45) is 2.07. The van der Waals surface area contributed by atoms with Gasteiger partial charge in [0.2, 0.25) is 0 Å². The first kappa shape index (κ1) is 16.4. The van der Waals surface area contributed by atoms with Gasteiger partial charge in [0.25, 0.3) is 0 Å². The highest BCUT2D eigenvalue weighted by Crippen LogP contribution is 2.29. The van der Waals surface area contributed by atoms with Gasteiger partial charge in [-0.25, -0.2) is 4.68 Å². The van der Waals surface area contributed by atoms with Crippen molar-refractivity contribution >= 4 is 28.4 Å². The molecule has 0 amide bonds. The van der Waals surface area contributed by atoms with Crippen LogP contribution in [0.4, 0.5) is 5.69 Å². The molecule has 25 heavy (non-hydrogen) atoms. The molecule has 2 heterocycles. The zero-order valence-electron chi connectivity index (χ0n) is 14.4. The minimum atomic E-state index is 0.768. The molecule has 0 bridgehead atoms. The van der Waals surface area contributed by atoms with Gasteiger partial charge in [-0.3, -0.25) is 4.90 Å². The van der Waals surface area contributed by atoms with Crippen LogP contribution in [-0.2, 0) is 6.54 Å². The molecule has 3 N–H and O–H groups in total. The zero-order chi connectivity index (χ0) is 17.2. The maximum atomic E-state index is 5.83. The highest BCUT2D eigenvalue weighted by atomic mass is 32.2. The van der Waals surface area contributed by atoms with E-state index < -0.39 is 0 Å².